The van der Waals surface area contributed by atoms with E-state index < -0.39 is 0 Å². The van der Waals surface area contributed by atoms with Crippen LogP contribution in [0.15, 0.2) is 129 Å². The lowest BCUT2D eigenvalue weighted by Gasteiger charge is -2.50. The van der Waals surface area contributed by atoms with Crippen molar-refractivity contribution in [2.75, 3.05) is 9.80 Å². The molecule has 3 aromatic heterocycles. The van der Waals surface area contributed by atoms with E-state index in [0.29, 0.717) is 0 Å². The zero-order valence-corrected chi connectivity index (χ0v) is 28.0. The van der Waals surface area contributed by atoms with Gasteiger partial charge in [-0.15, -0.1) is 0 Å². The summed E-state index contributed by atoms with van der Waals surface area (Å²) >= 11 is 0. The number of benzene rings is 5. The van der Waals surface area contributed by atoms with Crippen LogP contribution in [0.4, 0.5) is 28.4 Å². The summed E-state index contributed by atoms with van der Waals surface area (Å²) in [6.45, 7) is 4.85. The molecule has 0 amide bonds. The molecule has 5 nitrogen and oxygen atoms in total. The third kappa shape index (κ3) is 3.09. The van der Waals surface area contributed by atoms with E-state index in [4.69, 9.17) is 13.3 Å². The normalized spacial score (nSPS) is 21.5. The van der Waals surface area contributed by atoms with Crippen molar-refractivity contribution in [2.45, 2.75) is 50.5 Å². The second-order valence-electron chi connectivity index (χ2n) is 15.1. The topological polar surface area (TPSA) is 45.9 Å². The molecule has 50 heavy (non-hydrogen) atoms. The molecule has 5 aromatic carbocycles. The SMILES string of the molecule is CC12CCCCC1(C)N(c1cc3c4c(c1)N(c1coc5ccccc15)c1c(oc5ccccc15)B4c1oc4ccccc4c1-3)c1ccccc12. The smallest absolute Gasteiger partial charge is 0.338 e. The van der Waals surface area contributed by atoms with E-state index in [1.165, 1.54) is 52.8 Å². The molecule has 6 heterocycles. The van der Waals surface area contributed by atoms with Gasteiger partial charge in [0.1, 0.15) is 28.7 Å². The average Bonchev–Trinajstić information content (AvgIpc) is 3.94. The molecule has 0 radical (unpaired) electrons. The Bertz CT molecular complexity index is 2750. The lowest BCUT2D eigenvalue weighted by molar-refractivity contribution is 0.195. The molecule has 8 aromatic rings. The van der Waals surface area contributed by atoms with Crippen molar-refractivity contribution in [2.24, 2.45) is 0 Å². The Balaban J connectivity index is 1.23. The molecule has 4 aliphatic rings. The minimum absolute atomic E-state index is 0.0441. The van der Waals surface area contributed by atoms with Crippen LogP contribution in [-0.2, 0) is 5.41 Å². The third-order valence-electron chi connectivity index (χ3n) is 12.9. The first-order valence-electron chi connectivity index (χ1n) is 17.9. The summed E-state index contributed by atoms with van der Waals surface area (Å²) in [6.07, 6.45) is 6.73. The summed E-state index contributed by atoms with van der Waals surface area (Å²) < 4.78 is 20.1. The van der Waals surface area contributed by atoms with Gasteiger partial charge in [-0.3, -0.25) is 0 Å². The second kappa shape index (κ2) is 9.13. The summed E-state index contributed by atoms with van der Waals surface area (Å²) in [5.41, 5.74) is 15.3. The van der Waals surface area contributed by atoms with E-state index in [9.17, 15) is 0 Å². The van der Waals surface area contributed by atoms with E-state index in [1.807, 2.05) is 18.4 Å². The summed E-state index contributed by atoms with van der Waals surface area (Å²) in [5.74, 6) is 0. The number of anilines is 5. The highest BCUT2D eigenvalue weighted by Gasteiger charge is 2.58. The lowest BCUT2D eigenvalue weighted by Crippen LogP contribution is -2.55. The molecule has 3 aliphatic heterocycles. The maximum absolute atomic E-state index is 6.91. The van der Waals surface area contributed by atoms with Gasteiger partial charge >= 0.3 is 6.71 Å². The van der Waals surface area contributed by atoms with Crippen LogP contribution in [0.5, 0.6) is 0 Å². The van der Waals surface area contributed by atoms with Crippen LogP contribution in [0.25, 0.3) is 44.0 Å². The van der Waals surface area contributed by atoms with Crippen LogP contribution >= 0.6 is 0 Å². The van der Waals surface area contributed by atoms with Crippen LogP contribution in [0.1, 0.15) is 45.1 Å². The highest BCUT2D eigenvalue weighted by atomic mass is 16.3. The van der Waals surface area contributed by atoms with Crippen molar-refractivity contribution >= 4 is 84.8 Å². The van der Waals surface area contributed by atoms with Gasteiger partial charge in [0.15, 0.2) is 0 Å². The maximum Gasteiger partial charge on any atom is 0.338 e. The molecule has 0 saturated heterocycles. The largest absolute Gasteiger partial charge is 0.469 e. The monoisotopic (exact) mass is 648 g/mol. The zero-order chi connectivity index (χ0) is 32.9. The fraction of sp³-hybridized carbons (Fsp3) is 0.182. The van der Waals surface area contributed by atoms with E-state index in [-0.39, 0.29) is 17.7 Å². The Morgan fingerprint density at radius 2 is 1.32 bits per heavy atom. The number of hydrogen-bond donors (Lipinski definition) is 0. The lowest BCUT2D eigenvalue weighted by atomic mass is 9.41. The molecule has 2 unspecified atom stereocenters. The number of furan rings is 3. The van der Waals surface area contributed by atoms with Crippen LogP contribution in [-0.4, -0.2) is 12.3 Å². The van der Waals surface area contributed by atoms with E-state index in [0.717, 1.165) is 67.7 Å². The van der Waals surface area contributed by atoms with Crippen LogP contribution in [0.2, 0.25) is 0 Å². The van der Waals surface area contributed by atoms with E-state index in [2.05, 4.69) is 121 Å². The molecule has 1 saturated carbocycles. The fourth-order valence-electron chi connectivity index (χ4n) is 10.5. The fourth-order valence-corrected chi connectivity index (χ4v) is 10.5. The van der Waals surface area contributed by atoms with Gasteiger partial charge in [-0.2, -0.15) is 0 Å². The molecule has 1 aliphatic carbocycles. The first kappa shape index (κ1) is 27.2. The molecule has 0 N–H and O–H groups in total. The maximum atomic E-state index is 6.91. The standard InChI is InChI=1S/C44H33BN2O3/c1-43-21-11-12-22-44(43,2)47(32-17-7-6-16-31(32)43)26-23-30-38-28-14-4-9-19-36(28)49-41(38)45-39(30)33(24-26)46(34-25-48-35-18-8-3-13-27(34)35)40-29-15-5-10-20-37(29)50-42(40)45/h3-10,13-20,23-25H,11-12,21-22H2,1-2H3. The summed E-state index contributed by atoms with van der Waals surface area (Å²) in [4.78, 5) is 5.12. The Labute approximate surface area is 289 Å². The number of hydrogen-bond acceptors (Lipinski definition) is 5. The first-order valence-corrected chi connectivity index (χ1v) is 17.9. The van der Waals surface area contributed by atoms with Crippen molar-refractivity contribution in [3.63, 3.8) is 0 Å². The van der Waals surface area contributed by atoms with Crippen molar-refractivity contribution in [3.05, 3.63) is 121 Å². The van der Waals surface area contributed by atoms with Crippen molar-refractivity contribution in [1.82, 2.24) is 0 Å². The number of fused-ring (bicyclic) bond motifs is 13. The van der Waals surface area contributed by atoms with Gasteiger partial charge in [0.05, 0.1) is 22.6 Å². The summed E-state index contributed by atoms with van der Waals surface area (Å²) in [7, 11) is 0. The molecule has 1 fully saturated rings. The van der Waals surface area contributed by atoms with Gasteiger partial charge in [0, 0.05) is 44.2 Å². The Hall–Kier alpha value is -5.62. The molecular weight excluding hydrogens is 615 g/mol. The molecular formula is C44H33BN2O3. The van der Waals surface area contributed by atoms with Gasteiger partial charge in [-0.05, 0) is 84.9 Å². The Morgan fingerprint density at radius 3 is 2.18 bits per heavy atom. The van der Waals surface area contributed by atoms with Gasteiger partial charge < -0.3 is 23.1 Å². The molecule has 12 rings (SSSR count). The van der Waals surface area contributed by atoms with Gasteiger partial charge in [0.2, 0.25) is 0 Å². The van der Waals surface area contributed by atoms with Crippen LogP contribution in [0.3, 0.4) is 0 Å². The molecule has 0 bridgehead atoms. The number of nitrogens with zero attached hydrogens (tertiary/aromatic N) is 2. The van der Waals surface area contributed by atoms with Gasteiger partial charge in [-0.25, -0.2) is 0 Å². The van der Waals surface area contributed by atoms with Crippen molar-refractivity contribution < 1.29 is 13.3 Å². The van der Waals surface area contributed by atoms with Gasteiger partial charge in [0.25, 0.3) is 0 Å². The molecule has 240 valence electrons. The zero-order valence-electron chi connectivity index (χ0n) is 28.0. The third-order valence-corrected chi connectivity index (χ3v) is 12.9. The minimum atomic E-state index is -0.172. The van der Waals surface area contributed by atoms with Crippen LogP contribution < -0.4 is 26.6 Å². The highest BCUT2D eigenvalue weighted by molar-refractivity contribution is 7.00. The number of rotatable bonds is 2. The summed E-state index contributed by atoms with van der Waals surface area (Å²) in [6, 6.07) is 39.3. The average molecular weight is 649 g/mol. The van der Waals surface area contributed by atoms with Gasteiger partial charge in [-0.1, -0.05) is 80.4 Å². The highest BCUT2D eigenvalue weighted by Crippen LogP contribution is 2.61. The predicted molar refractivity (Wildman–Crippen MR) is 203 cm³/mol. The van der Waals surface area contributed by atoms with E-state index >= 15 is 0 Å². The molecule has 6 heteroatoms. The number of para-hydroxylation sites is 4. The van der Waals surface area contributed by atoms with Crippen LogP contribution in [0, 0.1) is 0 Å². The molecule has 2 atom stereocenters. The van der Waals surface area contributed by atoms with E-state index in [1.54, 1.807) is 0 Å². The molecule has 0 spiro atoms. The van der Waals surface area contributed by atoms with Crippen molar-refractivity contribution in [3.8, 4) is 11.1 Å². The summed E-state index contributed by atoms with van der Waals surface area (Å²) in [5, 5.41) is 3.29. The second-order valence-corrected chi connectivity index (χ2v) is 15.1. The minimum Gasteiger partial charge on any atom is -0.469 e. The quantitative estimate of drug-likeness (QED) is 0.175. The Kier molecular flexibility index (Phi) is 4.97. The Morgan fingerprint density at radius 1 is 0.640 bits per heavy atom. The first-order chi connectivity index (χ1) is 24.5. The predicted octanol–water partition coefficient (Wildman–Crippen LogP) is 9.95. The van der Waals surface area contributed by atoms with Crippen molar-refractivity contribution in [1.29, 1.82) is 0 Å².